The van der Waals surface area contributed by atoms with E-state index in [1.54, 1.807) is 0 Å². The Kier molecular flexibility index (Phi) is 5.29. The SMILES string of the molecule is CCNC(=NCc1ccn(C)c1)NCC1(c2cccc(Br)c2)CC1. The van der Waals surface area contributed by atoms with Gasteiger partial charge in [-0.1, -0.05) is 28.1 Å². The van der Waals surface area contributed by atoms with Crippen LogP contribution in [-0.2, 0) is 19.0 Å². The molecule has 2 N–H and O–H groups in total. The first-order valence-electron chi connectivity index (χ1n) is 8.50. The van der Waals surface area contributed by atoms with Gasteiger partial charge in [0.1, 0.15) is 0 Å². The predicted octanol–water partition coefficient (Wildman–Crippen LogP) is 3.57. The Morgan fingerprint density at radius 2 is 2.12 bits per heavy atom. The Balaban J connectivity index is 1.63. The lowest BCUT2D eigenvalue weighted by atomic mass is 9.96. The number of halogens is 1. The second-order valence-electron chi connectivity index (χ2n) is 6.52. The predicted molar refractivity (Wildman–Crippen MR) is 103 cm³/mol. The molecule has 5 heteroatoms. The van der Waals surface area contributed by atoms with Crippen LogP contribution in [0.25, 0.3) is 0 Å². The lowest BCUT2D eigenvalue weighted by Gasteiger charge is -2.19. The average molecular weight is 389 g/mol. The number of aromatic nitrogens is 1. The number of nitrogens with one attached hydrogen (secondary N) is 2. The number of benzene rings is 1. The maximum atomic E-state index is 4.71. The van der Waals surface area contributed by atoms with Gasteiger partial charge < -0.3 is 15.2 Å². The summed E-state index contributed by atoms with van der Waals surface area (Å²) in [5.41, 5.74) is 2.89. The molecule has 1 aliphatic carbocycles. The first kappa shape index (κ1) is 17.1. The van der Waals surface area contributed by atoms with Crippen molar-refractivity contribution in [1.29, 1.82) is 0 Å². The van der Waals surface area contributed by atoms with Gasteiger partial charge in [0.05, 0.1) is 6.54 Å². The van der Waals surface area contributed by atoms with E-state index in [1.165, 1.54) is 24.0 Å². The topological polar surface area (TPSA) is 41.4 Å². The van der Waals surface area contributed by atoms with Crippen LogP contribution in [0.5, 0.6) is 0 Å². The molecule has 0 amide bonds. The van der Waals surface area contributed by atoms with Gasteiger partial charge in [0.25, 0.3) is 0 Å². The van der Waals surface area contributed by atoms with E-state index in [2.05, 4.69) is 80.8 Å². The first-order valence-corrected chi connectivity index (χ1v) is 9.30. The fourth-order valence-electron chi connectivity index (χ4n) is 2.96. The third-order valence-corrected chi connectivity index (χ3v) is 5.04. The van der Waals surface area contributed by atoms with Gasteiger partial charge in [-0.15, -0.1) is 0 Å². The summed E-state index contributed by atoms with van der Waals surface area (Å²) in [7, 11) is 2.03. The number of hydrogen-bond acceptors (Lipinski definition) is 1. The maximum absolute atomic E-state index is 4.71. The fraction of sp³-hybridized carbons (Fsp3) is 0.421. The minimum Gasteiger partial charge on any atom is -0.357 e. The minimum atomic E-state index is 0.257. The van der Waals surface area contributed by atoms with Gasteiger partial charge in [-0.3, -0.25) is 0 Å². The first-order chi connectivity index (χ1) is 11.6. The zero-order chi connectivity index (χ0) is 17.0. The highest BCUT2D eigenvalue weighted by Gasteiger charge is 2.44. The summed E-state index contributed by atoms with van der Waals surface area (Å²) in [6.45, 7) is 4.58. The molecule has 0 aliphatic heterocycles. The van der Waals surface area contributed by atoms with E-state index < -0.39 is 0 Å². The largest absolute Gasteiger partial charge is 0.357 e. The molecule has 1 aromatic heterocycles. The molecule has 0 radical (unpaired) electrons. The smallest absolute Gasteiger partial charge is 0.191 e. The summed E-state index contributed by atoms with van der Waals surface area (Å²) < 4.78 is 3.20. The Hall–Kier alpha value is -1.75. The van der Waals surface area contributed by atoms with Gasteiger partial charge in [0, 0.05) is 42.4 Å². The summed E-state index contributed by atoms with van der Waals surface area (Å²) in [6, 6.07) is 10.8. The molecule has 0 unspecified atom stereocenters. The van der Waals surface area contributed by atoms with Crippen LogP contribution in [0.3, 0.4) is 0 Å². The molecule has 1 aromatic carbocycles. The molecule has 1 fully saturated rings. The standard InChI is InChI=1S/C19H25BrN4/c1-3-21-18(22-12-15-7-10-24(2)13-15)23-14-19(8-9-19)16-5-4-6-17(20)11-16/h4-7,10-11,13H,3,8-9,12,14H2,1-2H3,(H2,21,22,23). The van der Waals surface area contributed by atoms with Crippen LogP contribution in [0.1, 0.15) is 30.9 Å². The van der Waals surface area contributed by atoms with E-state index in [4.69, 9.17) is 4.99 Å². The number of aryl methyl sites for hydroxylation is 1. The Morgan fingerprint density at radius 3 is 2.75 bits per heavy atom. The van der Waals surface area contributed by atoms with Crippen LogP contribution in [0.2, 0.25) is 0 Å². The van der Waals surface area contributed by atoms with Gasteiger partial charge in [-0.25, -0.2) is 4.99 Å². The summed E-state index contributed by atoms with van der Waals surface area (Å²) >= 11 is 3.58. The van der Waals surface area contributed by atoms with E-state index in [-0.39, 0.29) is 5.41 Å². The van der Waals surface area contributed by atoms with E-state index >= 15 is 0 Å². The third kappa shape index (κ3) is 4.20. The molecular formula is C19H25BrN4. The van der Waals surface area contributed by atoms with Crippen molar-refractivity contribution in [2.75, 3.05) is 13.1 Å². The second-order valence-corrected chi connectivity index (χ2v) is 7.44. The molecule has 4 nitrogen and oxygen atoms in total. The monoisotopic (exact) mass is 388 g/mol. The number of hydrogen-bond donors (Lipinski definition) is 2. The van der Waals surface area contributed by atoms with E-state index in [9.17, 15) is 0 Å². The molecular weight excluding hydrogens is 364 g/mol. The van der Waals surface area contributed by atoms with Gasteiger partial charge in [-0.2, -0.15) is 0 Å². The van der Waals surface area contributed by atoms with Crippen molar-refractivity contribution in [3.05, 3.63) is 58.3 Å². The molecule has 0 spiro atoms. The van der Waals surface area contributed by atoms with Crippen molar-refractivity contribution in [3.8, 4) is 0 Å². The van der Waals surface area contributed by atoms with Crippen LogP contribution in [-0.4, -0.2) is 23.6 Å². The molecule has 3 rings (SSSR count). The molecule has 1 heterocycles. The zero-order valence-electron chi connectivity index (χ0n) is 14.3. The van der Waals surface area contributed by atoms with E-state index in [0.717, 1.165) is 23.5 Å². The lowest BCUT2D eigenvalue weighted by molar-refractivity contribution is 0.645. The number of nitrogens with zero attached hydrogens (tertiary/aromatic N) is 2. The van der Waals surface area contributed by atoms with Crippen LogP contribution >= 0.6 is 15.9 Å². The number of aliphatic imine (C=N–C) groups is 1. The van der Waals surface area contributed by atoms with Gasteiger partial charge in [-0.05, 0) is 49.1 Å². The third-order valence-electron chi connectivity index (χ3n) is 4.54. The minimum absolute atomic E-state index is 0.257. The second kappa shape index (κ2) is 7.43. The highest BCUT2D eigenvalue weighted by molar-refractivity contribution is 9.10. The van der Waals surface area contributed by atoms with E-state index in [0.29, 0.717) is 6.54 Å². The molecule has 24 heavy (non-hydrogen) atoms. The van der Waals surface area contributed by atoms with Crippen molar-refractivity contribution in [3.63, 3.8) is 0 Å². The summed E-state index contributed by atoms with van der Waals surface area (Å²) in [5.74, 6) is 0.891. The summed E-state index contributed by atoms with van der Waals surface area (Å²) in [5, 5.41) is 6.88. The Bertz CT molecular complexity index is 716. The van der Waals surface area contributed by atoms with Gasteiger partial charge >= 0.3 is 0 Å². The van der Waals surface area contributed by atoms with Crippen molar-refractivity contribution >= 4 is 21.9 Å². The molecule has 0 bridgehead atoms. The van der Waals surface area contributed by atoms with E-state index in [1.807, 2.05) is 7.05 Å². The normalized spacial score (nSPS) is 16.0. The highest BCUT2D eigenvalue weighted by Crippen LogP contribution is 2.48. The van der Waals surface area contributed by atoms with Crippen molar-refractivity contribution < 1.29 is 0 Å². The van der Waals surface area contributed by atoms with Crippen LogP contribution in [0.15, 0.2) is 52.2 Å². The van der Waals surface area contributed by atoms with Crippen LogP contribution in [0.4, 0.5) is 0 Å². The quantitative estimate of drug-likeness (QED) is 0.586. The van der Waals surface area contributed by atoms with Crippen LogP contribution in [0, 0.1) is 0 Å². The summed E-state index contributed by atoms with van der Waals surface area (Å²) in [6.07, 6.45) is 6.62. The molecule has 1 aliphatic rings. The summed E-state index contributed by atoms with van der Waals surface area (Å²) in [4.78, 5) is 4.71. The van der Waals surface area contributed by atoms with Crippen molar-refractivity contribution in [2.24, 2.45) is 12.0 Å². The van der Waals surface area contributed by atoms with Crippen molar-refractivity contribution in [2.45, 2.75) is 31.7 Å². The van der Waals surface area contributed by atoms with Crippen LogP contribution < -0.4 is 10.6 Å². The maximum Gasteiger partial charge on any atom is 0.191 e. The molecule has 0 atom stereocenters. The Morgan fingerprint density at radius 1 is 1.29 bits per heavy atom. The number of guanidine groups is 1. The van der Waals surface area contributed by atoms with Gasteiger partial charge in [0.2, 0.25) is 0 Å². The molecule has 0 saturated heterocycles. The fourth-order valence-corrected chi connectivity index (χ4v) is 3.36. The Labute approximate surface area is 152 Å². The lowest BCUT2D eigenvalue weighted by Crippen LogP contribution is -2.41. The van der Waals surface area contributed by atoms with Gasteiger partial charge in [0.15, 0.2) is 5.96 Å². The zero-order valence-corrected chi connectivity index (χ0v) is 15.9. The van der Waals surface area contributed by atoms with Crippen molar-refractivity contribution in [1.82, 2.24) is 15.2 Å². The highest BCUT2D eigenvalue weighted by atomic mass is 79.9. The number of rotatable bonds is 6. The molecule has 1 saturated carbocycles. The molecule has 128 valence electrons. The average Bonchev–Trinajstić information content (AvgIpc) is 3.25. The molecule has 2 aromatic rings.